The van der Waals surface area contributed by atoms with E-state index < -0.39 is 0 Å². The minimum absolute atomic E-state index is 0.0496. The fourth-order valence-electron chi connectivity index (χ4n) is 2.16. The molecule has 0 amide bonds. The van der Waals surface area contributed by atoms with Crippen molar-refractivity contribution in [2.45, 2.75) is 38.6 Å². The number of anilines is 1. The molecule has 0 radical (unpaired) electrons. The third-order valence-electron chi connectivity index (χ3n) is 3.18. The number of nitrogens with zero attached hydrogens (tertiary/aromatic N) is 1. The highest BCUT2D eigenvalue weighted by molar-refractivity contribution is 9.10. The zero-order chi connectivity index (χ0) is 11.0. The number of rotatable bonds is 1. The minimum atomic E-state index is 0.0496. The largest absolute Gasteiger partial charge is 0.397 e. The van der Waals surface area contributed by atoms with Crippen molar-refractivity contribution in [3.63, 3.8) is 0 Å². The first kappa shape index (κ1) is 10.7. The summed E-state index contributed by atoms with van der Waals surface area (Å²) in [6.45, 7) is 1.86. The second-order valence-electron chi connectivity index (χ2n) is 4.17. The Labute approximate surface area is 97.4 Å². The van der Waals surface area contributed by atoms with E-state index in [4.69, 9.17) is 5.73 Å². The molecule has 1 heterocycles. The summed E-state index contributed by atoms with van der Waals surface area (Å²) in [5, 5.41) is 0. The molecule has 0 unspecified atom stereocenters. The normalized spacial score (nSPS) is 17.2. The van der Waals surface area contributed by atoms with Gasteiger partial charge in [-0.25, -0.2) is 0 Å². The molecular weight excluding hydrogens is 256 g/mol. The quantitative estimate of drug-likeness (QED) is 0.853. The van der Waals surface area contributed by atoms with Gasteiger partial charge >= 0.3 is 0 Å². The Kier molecular flexibility index (Phi) is 2.87. The van der Waals surface area contributed by atoms with Gasteiger partial charge in [-0.3, -0.25) is 4.79 Å². The molecule has 4 heteroatoms. The molecule has 0 aliphatic heterocycles. The number of nitrogens with two attached hydrogens (primary N) is 1. The van der Waals surface area contributed by atoms with Gasteiger partial charge in [0.05, 0.1) is 10.2 Å². The van der Waals surface area contributed by atoms with E-state index in [1.54, 1.807) is 10.8 Å². The van der Waals surface area contributed by atoms with E-state index in [-0.39, 0.29) is 5.56 Å². The lowest BCUT2D eigenvalue weighted by molar-refractivity contribution is 0.501. The Morgan fingerprint density at radius 1 is 1.47 bits per heavy atom. The van der Waals surface area contributed by atoms with Crippen LogP contribution < -0.4 is 11.3 Å². The van der Waals surface area contributed by atoms with Gasteiger partial charge in [-0.15, -0.1) is 0 Å². The van der Waals surface area contributed by atoms with Gasteiger partial charge in [0.25, 0.3) is 5.56 Å². The monoisotopic (exact) mass is 270 g/mol. The molecule has 0 spiro atoms. The van der Waals surface area contributed by atoms with Gasteiger partial charge in [0.15, 0.2) is 0 Å². The van der Waals surface area contributed by atoms with Crippen molar-refractivity contribution in [2.24, 2.45) is 0 Å². The Morgan fingerprint density at radius 2 is 2.07 bits per heavy atom. The van der Waals surface area contributed by atoms with Crippen LogP contribution in [0.2, 0.25) is 0 Å². The first-order valence-electron chi connectivity index (χ1n) is 5.28. The summed E-state index contributed by atoms with van der Waals surface area (Å²) in [5.74, 6) is 0. The van der Waals surface area contributed by atoms with Gasteiger partial charge in [-0.2, -0.15) is 0 Å². The lowest BCUT2D eigenvalue weighted by Gasteiger charge is -2.16. The second kappa shape index (κ2) is 4.00. The van der Waals surface area contributed by atoms with Crippen LogP contribution in [0.25, 0.3) is 0 Å². The molecule has 3 nitrogen and oxygen atoms in total. The number of pyridine rings is 1. The third-order valence-corrected chi connectivity index (χ3v) is 4.11. The van der Waals surface area contributed by atoms with Crippen LogP contribution in [0, 0.1) is 6.92 Å². The van der Waals surface area contributed by atoms with Crippen LogP contribution >= 0.6 is 15.9 Å². The predicted octanol–water partition coefficient (Wildman–Crippen LogP) is 2.62. The lowest BCUT2D eigenvalue weighted by atomic mass is 10.2. The van der Waals surface area contributed by atoms with Gasteiger partial charge in [-0.05, 0) is 41.3 Å². The average Bonchev–Trinajstić information content (AvgIpc) is 2.73. The summed E-state index contributed by atoms with van der Waals surface area (Å²) in [5.41, 5.74) is 7.45. The molecule has 0 aromatic carbocycles. The summed E-state index contributed by atoms with van der Waals surface area (Å²) in [6.07, 6.45) is 6.40. The lowest BCUT2D eigenvalue weighted by Crippen LogP contribution is -2.25. The summed E-state index contributed by atoms with van der Waals surface area (Å²) in [7, 11) is 0. The highest BCUT2D eigenvalue weighted by atomic mass is 79.9. The van der Waals surface area contributed by atoms with E-state index >= 15 is 0 Å². The fraction of sp³-hybridized carbons (Fsp3) is 0.545. The van der Waals surface area contributed by atoms with Gasteiger partial charge < -0.3 is 10.3 Å². The molecule has 82 valence electrons. The maximum atomic E-state index is 12.0. The number of nitrogen functional groups attached to an aromatic ring is 1. The first-order valence-corrected chi connectivity index (χ1v) is 6.07. The predicted molar refractivity (Wildman–Crippen MR) is 65.1 cm³/mol. The van der Waals surface area contributed by atoms with Crippen LogP contribution in [0.1, 0.15) is 37.3 Å². The molecule has 1 aromatic heterocycles. The van der Waals surface area contributed by atoms with Crippen molar-refractivity contribution in [3.8, 4) is 0 Å². The zero-order valence-electron chi connectivity index (χ0n) is 8.79. The Hall–Kier alpha value is -0.770. The van der Waals surface area contributed by atoms with Gasteiger partial charge in [0.1, 0.15) is 0 Å². The molecule has 1 saturated carbocycles. The second-order valence-corrected chi connectivity index (χ2v) is 4.97. The maximum absolute atomic E-state index is 12.0. The van der Waals surface area contributed by atoms with Crippen LogP contribution in [0.15, 0.2) is 15.5 Å². The standard InChI is InChI=1S/C11H15BrN2O/c1-7-9(13)6-14(11(15)10(7)12)8-4-2-3-5-8/h6,8H,2-5,13H2,1H3. The van der Waals surface area contributed by atoms with Gasteiger partial charge in [0, 0.05) is 12.2 Å². The zero-order valence-corrected chi connectivity index (χ0v) is 10.4. The number of aromatic nitrogens is 1. The SMILES string of the molecule is Cc1c(N)cn(C2CCCC2)c(=O)c1Br. The molecule has 0 bridgehead atoms. The van der Waals surface area contributed by atoms with Crippen molar-refractivity contribution in [1.82, 2.24) is 4.57 Å². The highest BCUT2D eigenvalue weighted by Crippen LogP contribution is 2.30. The van der Waals surface area contributed by atoms with E-state index in [2.05, 4.69) is 15.9 Å². The van der Waals surface area contributed by atoms with E-state index in [1.807, 2.05) is 6.92 Å². The highest BCUT2D eigenvalue weighted by Gasteiger charge is 2.19. The number of halogens is 1. The number of hydrogen-bond donors (Lipinski definition) is 1. The molecule has 2 N–H and O–H groups in total. The topological polar surface area (TPSA) is 48.0 Å². The fourth-order valence-corrected chi connectivity index (χ4v) is 2.59. The van der Waals surface area contributed by atoms with Gasteiger partial charge in [0.2, 0.25) is 0 Å². The van der Waals surface area contributed by atoms with E-state index in [1.165, 1.54) is 12.8 Å². The van der Waals surface area contributed by atoms with Crippen LogP contribution in [-0.4, -0.2) is 4.57 Å². The van der Waals surface area contributed by atoms with Crippen molar-refractivity contribution in [1.29, 1.82) is 0 Å². The van der Waals surface area contributed by atoms with E-state index in [0.29, 0.717) is 16.2 Å². The maximum Gasteiger partial charge on any atom is 0.265 e. The summed E-state index contributed by atoms with van der Waals surface area (Å²) >= 11 is 3.31. The molecular formula is C11H15BrN2O. The van der Waals surface area contributed by atoms with Crippen LogP contribution in [0.4, 0.5) is 5.69 Å². The molecule has 1 aliphatic carbocycles. The molecule has 1 aromatic rings. The summed E-state index contributed by atoms with van der Waals surface area (Å²) in [6, 6.07) is 0.344. The average molecular weight is 271 g/mol. The Bertz CT molecular complexity index is 433. The molecule has 0 atom stereocenters. The van der Waals surface area contributed by atoms with Gasteiger partial charge in [-0.1, -0.05) is 12.8 Å². The summed E-state index contributed by atoms with van der Waals surface area (Å²) < 4.78 is 2.40. The van der Waals surface area contributed by atoms with Crippen molar-refractivity contribution in [3.05, 3.63) is 26.6 Å². The molecule has 2 rings (SSSR count). The van der Waals surface area contributed by atoms with E-state index in [9.17, 15) is 4.79 Å². The molecule has 15 heavy (non-hydrogen) atoms. The summed E-state index contributed by atoms with van der Waals surface area (Å²) in [4.78, 5) is 12.0. The van der Waals surface area contributed by atoms with Crippen molar-refractivity contribution >= 4 is 21.6 Å². The van der Waals surface area contributed by atoms with E-state index in [0.717, 1.165) is 18.4 Å². The van der Waals surface area contributed by atoms with Crippen LogP contribution in [-0.2, 0) is 0 Å². The minimum Gasteiger partial charge on any atom is -0.397 e. The Balaban J connectivity index is 2.52. The van der Waals surface area contributed by atoms with Crippen molar-refractivity contribution in [2.75, 3.05) is 5.73 Å². The van der Waals surface area contributed by atoms with Crippen LogP contribution in [0.3, 0.4) is 0 Å². The smallest absolute Gasteiger partial charge is 0.265 e. The third kappa shape index (κ3) is 1.83. The van der Waals surface area contributed by atoms with Crippen molar-refractivity contribution < 1.29 is 0 Å². The first-order chi connectivity index (χ1) is 7.11. The Morgan fingerprint density at radius 3 is 2.67 bits per heavy atom. The van der Waals surface area contributed by atoms with Crippen LogP contribution in [0.5, 0.6) is 0 Å². The molecule has 1 aliphatic rings. The molecule has 1 fully saturated rings. The number of hydrogen-bond acceptors (Lipinski definition) is 2. The molecule has 0 saturated heterocycles.